The van der Waals surface area contributed by atoms with Gasteiger partial charge in [-0.1, -0.05) is 6.07 Å². The standard InChI is InChI=1S/C24H18F2N4O4/c1-13(31)27-14-5-7-15(8-6-14)28-24(34)17-12-30(11-16-18(25)3-2-4-19(16)26)20-9-10-21(32)29-22(20)23(17)33/h2-10,12H,11H2,1H3,(H,27,31)(H,28,34)(H,29,32). The molecule has 0 fully saturated rings. The second-order valence-electron chi connectivity index (χ2n) is 7.50. The number of hydrogen-bond donors (Lipinski definition) is 3. The Labute approximate surface area is 190 Å². The third-order valence-corrected chi connectivity index (χ3v) is 5.06. The summed E-state index contributed by atoms with van der Waals surface area (Å²) in [5.74, 6) is -2.62. The first kappa shape index (κ1) is 22.6. The summed E-state index contributed by atoms with van der Waals surface area (Å²) >= 11 is 0. The van der Waals surface area contributed by atoms with Crippen LogP contribution in [-0.2, 0) is 11.3 Å². The van der Waals surface area contributed by atoms with Crippen molar-refractivity contribution in [3.63, 3.8) is 0 Å². The van der Waals surface area contributed by atoms with E-state index in [1.807, 2.05) is 0 Å². The van der Waals surface area contributed by atoms with Crippen LogP contribution >= 0.6 is 0 Å². The normalized spacial score (nSPS) is 10.8. The second kappa shape index (κ2) is 9.10. The van der Waals surface area contributed by atoms with Gasteiger partial charge in [-0.05, 0) is 42.5 Å². The van der Waals surface area contributed by atoms with Gasteiger partial charge in [0.15, 0.2) is 0 Å². The molecule has 0 bridgehead atoms. The van der Waals surface area contributed by atoms with E-state index in [9.17, 15) is 28.0 Å². The molecule has 2 amide bonds. The molecule has 8 nitrogen and oxygen atoms in total. The number of anilines is 2. The minimum atomic E-state index is -0.790. The van der Waals surface area contributed by atoms with Gasteiger partial charge in [-0.25, -0.2) is 8.78 Å². The van der Waals surface area contributed by atoms with E-state index in [4.69, 9.17) is 0 Å². The van der Waals surface area contributed by atoms with Crippen molar-refractivity contribution in [3.8, 4) is 0 Å². The molecule has 172 valence electrons. The fraction of sp³-hybridized carbons (Fsp3) is 0.0833. The molecule has 0 unspecified atom stereocenters. The lowest BCUT2D eigenvalue weighted by Crippen LogP contribution is -2.26. The number of carbonyl (C=O) groups is 2. The zero-order valence-electron chi connectivity index (χ0n) is 17.8. The maximum Gasteiger partial charge on any atom is 0.261 e. The molecular weight excluding hydrogens is 446 g/mol. The maximum atomic E-state index is 14.3. The smallest absolute Gasteiger partial charge is 0.261 e. The first-order valence-corrected chi connectivity index (χ1v) is 10.1. The van der Waals surface area contributed by atoms with Crippen LogP contribution in [0.1, 0.15) is 22.8 Å². The molecule has 0 aliphatic heterocycles. The van der Waals surface area contributed by atoms with E-state index in [-0.39, 0.29) is 34.6 Å². The number of carbonyl (C=O) groups excluding carboxylic acids is 2. The number of aromatic amines is 1. The van der Waals surface area contributed by atoms with Gasteiger partial charge in [-0.2, -0.15) is 0 Å². The number of hydrogen-bond acceptors (Lipinski definition) is 4. The van der Waals surface area contributed by atoms with Crippen molar-refractivity contribution in [2.45, 2.75) is 13.5 Å². The van der Waals surface area contributed by atoms with Crippen LogP contribution in [0.3, 0.4) is 0 Å². The number of rotatable bonds is 5. The molecule has 0 aliphatic carbocycles. The lowest BCUT2D eigenvalue weighted by atomic mass is 10.1. The molecule has 10 heteroatoms. The van der Waals surface area contributed by atoms with Gasteiger partial charge in [0.05, 0.1) is 12.1 Å². The second-order valence-corrected chi connectivity index (χ2v) is 7.50. The lowest BCUT2D eigenvalue weighted by Gasteiger charge is -2.14. The van der Waals surface area contributed by atoms with E-state index in [1.165, 1.54) is 48.0 Å². The Kier molecular flexibility index (Phi) is 6.05. The molecule has 0 saturated carbocycles. The quantitative estimate of drug-likeness (QED) is 0.421. The van der Waals surface area contributed by atoms with Crippen LogP contribution in [-0.4, -0.2) is 21.4 Å². The first-order valence-electron chi connectivity index (χ1n) is 10.1. The van der Waals surface area contributed by atoms with E-state index >= 15 is 0 Å². The number of pyridine rings is 2. The minimum Gasteiger partial charge on any atom is -0.341 e. The van der Waals surface area contributed by atoms with Gasteiger partial charge >= 0.3 is 0 Å². The van der Waals surface area contributed by atoms with E-state index in [0.29, 0.717) is 11.4 Å². The Morgan fingerprint density at radius 3 is 2.15 bits per heavy atom. The number of aromatic nitrogens is 2. The molecule has 2 aromatic carbocycles. The SMILES string of the molecule is CC(=O)Nc1ccc(NC(=O)c2cn(Cc3c(F)cccc3F)c3ccc(=O)[nH]c3c2=O)cc1. The molecule has 2 aromatic heterocycles. The Morgan fingerprint density at radius 2 is 1.53 bits per heavy atom. The topological polar surface area (TPSA) is 113 Å². The van der Waals surface area contributed by atoms with Gasteiger partial charge in [0.25, 0.3) is 5.91 Å². The molecule has 0 atom stereocenters. The summed E-state index contributed by atoms with van der Waals surface area (Å²) < 4.78 is 29.8. The third-order valence-electron chi connectivity index (χ3n) is 5.06. The molecule has 4 aromatic rings. The zero-order valence-corrected chi connectivity index (χ0v) is 17.8. The number of fused-ring (bicyclic) bond motifs is 1. The highest BCUT2D eigenvalue weighted by molar-refractivity contribution is 6.05. The summed E-state index contributed by atoms with van der Waals surface area (Å²) in [5.41, 5.74) is -1.03. The molecule has 0 spiro atoms. The summed E-state index contributed by atoms with van der Waals surface area (Å²) in [7, 11) is 0. The van der Waals surface area contributed by atoms with Crippen LogP contribution < -0.4 is 21.6 Å². The first-order chi connectivity index (χ1) is 16.2. The van der Waals surface area contributed by atoms with Crippen molar-refractivity contribution in [1.82, 2.24) is 9.55 Å². The van der Waals surface area contributed by atoms with E-state index < -0.39 is 28.5 Å². The predicted octanol–water partition coefficient (Wildman–Crippen LogP) is 3.23. The van der Waals surface area contributed by atoms with E-state index in [2.05, 4.69) is 15.6 Å². The number of halogens is 2. The van der Waals surface area contributed by atoms with Gasteiger partial charge in [-0.15, -0.1) is 0 Å². The summed E-state index contributed by atoms with van der Waals surface area (Å²) in [6.07, 6.45) is 1.19. The van der Waals surface area contributed by atoms with E-state index in [1.54, 1.807) is 12.1 Å². The molecule has 34 heavy (non-hydrogen) atoms. The van der Waals surface area contributed by atoms with E-state index in [0.717, 1.165) is 12.1 Å². The Hall–Kier alpha value is -4.60. The van der Waals surface area contributed by atoms with Crippen LogP contribution in [0.2, 0.25) is 0 Å². The fourth-order valence-electron chi connectivity index (χ4n) is 3.48. The number of amides is 2. The highest BCUT2D eigenvalue weighted by Crippen LogP contribution is 2.18. The summed E-state index contributed by atoms with van der Waals surface area (Å²) in [4.78, 5) is 51.3. The van der Waals surface area contributed by atoms with Crippen LogP contribution in [0, 0.1) is 11.6 Å². The molecule has 4 rings (SSSR count). The van der Waals surface area contributed by atoms with Crippen molar-refractivity contribution in [2.24, 2.45) is 0 Å². The number of nitrogens with one attached hydrogen (secondary N) is 3. The number of nitrogens with zero attached hydrogens (tertiary/aromatic N) is 1. The fourth-order valence-corrected chi connectivity index (χ4v) is 3.48. The average Bonchev–Trinajstić information content (AvgIpc) is 2.79. The lowest BCUT2D eigenvalue weighted by molar-refractivity contribution is -0.114. The van der Waals surface area contributed by atoms with Gasteiger partial charge in [0.2, 0.25) is 16.9 Å². The average molecular weight is 464 g/mol. The molecule has 3 N–H and O–H groups in total. The molecule has 0 aliphatic rings. The Bertz CT molecular complexity index is 1520. The predicted molar refractivity (Wildman–Crippen MR) is 123 cm³/mol. The minimum absolute atomic E-state index is 0.169. The summed E-state index contributed by atoms with van der Waals surface area (Å²) in [6.45, 7) is 1.03. The van der Waals surface area contributed by atoms with Gasteiger partial charge in [-0.3, -0.25) is 19.2 Å². The Balaban J connectivity index is 1.76. The summed E-state index contributed by atoms with van der Waals surface area (Å²) in [6, 6.07) is 12.1. The highest BCUT2D eigenvalue weighted by Gasteiger charge is 2.18. The largest absolute Gasteiger partial charge is 0.341 e. The van der Waals surface area contributed by atoms with Crippen molar-refractivity contribution in [1.29, 1.82) is 0 Å². The molecule has 0 radical (unpaired) electrons. The third kappa shape index (κ3) is 4.60. The van der Waals surface area contributed by atoms with Crippen molar-refractivity contribution in [3.05, 3.63) is 104 Å². The van der Waals surface area contributed by atoms with Crippen molar-refractivity contribution >= 4 is 34.2 Å². The molecule has 2 heterocycles. The van der Waals surface area contributed by atoms with Gasteiger partial charge < -0.3 is 20.2 Å². The van der Waals surface area contributed by atoms with Gasteiger partial charge in [0.1, 0.15) is 22.7 Å². The zero-order chi connectivity index (χ0) is 24.4. The van der Waals surface area contributed by atoms with Crippen LogP contribution in [0.5, 0.6) is 0 Å². The van der Waals surface area contributed by atoms with Crippen LogP contribution in [0.15, 0.2) is 70.4 Å². The maximum absolute atomic E-state index is 14.3. The molecular formula is C24H18F2N4O4. The van der Waals surface area contributed by atoms with Gasteiger partial charge in [0, 0.05) is 36.1 Å². The Morgan fingerprint density at radius 1 is 0.912 bits per heavy atom. The highest BCUT2D eigenvalue weighted by atomic mass is 19.1. The molecule has 0 saturated heterocycles. The number of benzene rings is 2. The summed E-state index contributed by atoms with van der Waals surface area (Å²) in [5, 5.41) is 5.16. The van der Waals surface area contributed by atoms with Crippen molar-refractivity contribution < 1.29 is 18.4 Å². The van der Waals surface area contributed by atoms with Crippen molar-refractivity contribution in [2.75, 3.05) is 10.6 Å². The van der Waals surface area contributed by atoms with Crippen LogP contribution in [0.4, 0.5) is 20.2 Å². The van der Waals surface area contributed by atoms with Crippen LogP contribution in [0.25, 0.3) is 11.0 Å². The monoisotopic (exact) mass is 464 g/mol. The number of H-pyrrole nitrogens is 1.